The Morgan fingerprint density at radius 2 is 1.85 bits per heavy atom. The second kappa shape index (κ2) is 6.72. The van der Waals surface area contributed by atoms with E-state index in [0.717, 1.165) is 19.3 Å². The number of ether oxygens (including phenoxy) is 1. The lowest BCUT2D eigenvalue weighted by Gasteiger charge is -2.14. The molecule has 0 saturated heterocycles. The van der Waals surface area contributed by atoms with Gasteiger partial charge in [-0.25, -0.2) is 0 Å². The number of fused-ring (bicyclic) bond motifs is 1. The van der Waals surface area contributed by atoms with E-state index >= 15 is 0 Å². The van der Waals surface area contributed by atoms with Crippen molar-refractivity contribution >= 4 is 11.6 Å². The first-order chi connectivity index (χ1) is 9.74. The maximum absolute atomic E-state index is 12.1. The van der Waals surface area contributed by atoms with Crippen molar-refractivity contribution in [1.29, 1.82) is 0 Å². The molecule has 3 heteroatoms. The van der Waals surface area contributed by atoms with E-state index in [9.17, 15) is 9.59 Å². The van der Waals surface area contributed by atoms with Gasteiger partial charge in [0.25, 0.3) is 0 Å². The standard InChI is InChI=1S/C17H16O3/c1-2-3-4-5-8-11-20-16-12-15(18)13-9-6-7-10-14(13)17(16)19/h6-7,9-10,12H,2-4,11H2,1H3. The lowest BCUT2D eigenvalue weighted by atomic mass is 9.94. The Morgan fingerprint density at radius 1 is 1.10 bits per heavy atom. The molecule has 1 aromatic rings. The van der Waals surface area contributed by atoms with Gasteiger partial charge in [-0.1, -0.05) is 49.5 Å². The largest absolute Gasteiger partial charge is 0.477 e. The molecule has 2 rings (SSSR count). The molecule has 0 unspecified atom stereocenters. The van der Waals surface area contributed by atoms with E-state index in [-0.39, 0.29) is 23.9 Å². The van der Waals surface area contributed by atoms with Crippen LogP contribution in [0.15, 0.2) is 36.1 Å². The Kier molecular flexibility index (Phi) is 4.73. The number of Topliss-reactive ketones (excluding diaryl/α,β-unsaturated/α-hetero) is 1. The number of benzene rings is 1. The summed E-state index contributed by atoms with van der Waals surface area (Å²) < 4.78 is 5.32. The molecule has 0 aromatic heterocycles. The first kappa shape index (κ1) is 14.1. The van der Waals surface area contributed by atoms with Gasteiger partial charge in [0.1, 0.15) is 6.61 Å². The van der Waals surface area contributed by atoms with Crippen LogP contribution in [-0.2, 0) is 4.74 Å². The molecule has 102 valence electrons. The van der Waals surface area contributed by atoms with Gasteiger partial charge in [0.05, 0.1) is 0 Å². The molecule has 0 radical (unpaired) electrons. The minimum Gasteiger partial charge on any atom is -0.477 e. The van der Waals surface area contributed by atoms with Crippen LogP contribution in [0.4, 0.5) is 0 Å². The van der Waals surface area contributed by atoms with E-state index in [0.29, 0.717) is 11.1 Å². The second-order valence-electron chi connectivity index (χ2n) is 4.49. The Bertz CT molecular complexity index is 615. The van der Waals surface area contributed by atoms with Gasteiger partial charge in [-0.15, -0.1) is 0 Å². The molecule has 0 saturated carbocycles. The summed E-state index contributed by atoms with van der Waals surface area (Å²) in [7, 11) is 0. The van der Waals surface area contributed by atoms with Crippen LogP contribution in [0.3, 0.4) is 0 Å². The Labute approximate surface area is 118 Å². The third kappa shape index (κ3) is 3.16. The highest BCUT2D eigenvalue weighted by Gasteiger charge is 2.25. The number of carbonyl (C=O) groups is 2. The summed E-state index contributed by atoms with van der Waals surface area (Å²) in [5, 5.41) is 0. The number of carbonyl (C=O) groups excluding carboxylic acids is 2. The Morgan fingerprint density at radius 3 is 2.60 bits per heavy atom. The van der Waals surface area contributed by atoms with Crippen LogP contribution in [-0.4, -0.2) is 18.2 Å². The van der Waals surface area contributed by atoms with E-state index in [4.69, 9.17) is 4.74 Å². The van der Waals surface area contributed by atoms with Crippen molar-refractivity contribution in [2.24, 2.45) is 0 Å². The monoisotopic (exact) mass is 268 g/mol. The molecular weight excluding hydrogens is 252 g/mol. The fourth-order valence-electron chi connectivity index (χ4n) is 1.92. The van der Waals surface area contributed by atoms with Crippen LogP contribution in [0, 0.1) is 11.8 Å². The lowest BCUT2D eigenvalue weighted by Crippen LogP contribution is -2.18. The topological polar surface area (TPSA) is 43.4 Å². The molecule has 0 aliphatic heterocycles. The summed E-state index contributed by atoms with van der Waals surface area (Å²) in [6.07, 6.45) is 4.23. The fraction of sp³-hybridized carbons (Fsp3) is 0.294. The van der Waals surface area contributed by atoms with Crippen molar-refractivity contribution in [3.63, 3.8) is 0 Å². The molecule has 0 N–H and O–H groups in total. The predicted molar refractivity (Wildman–Crippen MR) is 76.4 cm³/mol. The van der Waals surface area contributed by atoms with E-state index in [2.05, 4.69) is 18.8 Å². The quantitative estimate of drug-likeness (QED) is 0.622. The van der Waals surface area contributed by atoms with Gasteiger partial charge in [-0.05, 0) is 6.42 Å². The minimum atomic E-state index is -0.254. The lowest BCUT2D eigenvalue weighted by molar-refractivity contribution is 0.0903. The summed E-state index contributed by atoms with van der Waals surface area (Å²) in [5.41, 5.74) is 0.827. The third-order valence-corrected chi connectivity index (χ3v) is 3.00. The van der Waals surface area contributed by atoms with Gasteiger partial charge >= 0.3 is 0 Å². The molecule has 1 aliphatic rings. The summed E-state index contributed by atoms with van der Waals surface area (Å²) in [6, 6.07) is 6.76. The van der Waals surface area contributed by atoms with E-state index in [1.54, 1.807) is 24.3 Å². The number of allylic oxidation sites excluding steroid dienone is 2. The van der Waals surface area contributed by atoms with Gasteiger partial charge in [0.15, 0.2) is 11.5 Å². The number of hydrogen-bond donors (Lipinski definition) is 0. The zero-order valence-electron chi connectivity index (χ0n) is 11.4. The van der Waals surface area contributed by atoms with Crippen LogP contribution in [0.1, 0.15) is 46.9 Å². The number of unbranched alkanes of at least 4 members (excludes halogenated alkanes) is 2. The highest BCUT2D eigenvalue weighted by Crippen LogP contribution is 2.21. The van der Waals surface area contributed by atoms with Gasteiger partial charge < -0.3 is 4.74 Å². The van der Waals surface area contributed by atoms with Gasteiger partial charge in [-0.3, -0.25) is 9.59 Å². The first-order valence-electron chi connectivity index (χ1n) is 6.72. The molecular formula is C17H16O3. The number of ketones is 2. The first-order valence-corrected chi connectivity index (χ1v) is 6.72. The minimum absolute atomic E-state index is 0.0819. The van der Waals surface area contributed by atoms with Crippen LogP contribution in [0.2, 0.25) is 0 Å². The highest BCUT2D eigenvalue weighted by atomic mass is 16.5. The van der Waals surface area contributed by atoms with Crippen molar-refractivity contribution in [2.45, 2.75) is 26.2 Å². The Balaban J connectivity index is 2.02. The van der Waals surface area contributed by atoms with Gasteiger partial charge in [-0.2, -0.15) is 0 Å². The van der Waals surface area contributed by atoms with Crippen LogP contribution >= 0.6 is 0 Å². The molecule has 0 heterocycles. The van der Waals surface area contributed by atoms with E-state index in [1.165, 1.54) is 6.08 Å². The smallest absolute Gasteiger partial charge is 0.228 e. The fourth-order valence-corrected chi connectivity index (χ4v) is 1.92. The molecule has 1 aliphatic carbocycles. The normalized spacial score (nSPS) is 13.2. The van der Waals surface area contributed by atoms with Crippen molar-refractivity contribution in [3.8, 4) is 11.8 Å². The zero-order valence-corrected chi connectivity index (χ0v) is 11.4. The van der Waals surface area contributed by atoms with E-state index < -0.39 is 0 Å². The van der Waals surface area contributed by atoms with Crippen LogP contribution in [0.5, 0.6) is 0 Å². The molecule has 0 spiro atoms. The van der Waals surface area contributed by atoms with Crippen molar-refractivity contribution in [2.75, 3.05) is 6.61 Å². The SMILES string of the molecule is CCCCC#CCOC1=CC(=O)c2ccccc2C1=O. The summed E-state index contributed by atoms with van der Waals surface area (Å²) in [6.45, 7) is 2.24. The highest BCUT2D eigenvalue weighted by molar-refractivity contribution is 6.23. The zero-order chi connectivity index (χ0) is 14.4. The average Bonchev–Trinajstić information content (AvgIpc) is 2.47. The maximum atomic E-state index is 12.1. The summed E-state index contributed by atoms with van der Waals surface area (Å²) >= 11 is 0. The van der Waals surface area contributed by atoms with Crippen LogP contribution < -0.4 is 0 Å². The van der Waals surface area contributed by atoms with Crippen molar-refractivity contribution in [1.82, 2.24) is 0 Å². The molecule has 20 heavy (non-hydrogen) atoms. The number of rotatable bonds is 4. The van der Waals surface area contributed by atoms with Gasteiger partial charge in [0.2, 0.25) is 5.78 Å². The molecule has 0 bridgehead atoms. The van der Waals surface area contributed by atoms with Crippen molar-refractivity contribution < 1.29 is 14.3 Å². The van der Waals surface area contributed by atoms with Gasteiger partial charge in [0, 0.05) is 23.6 Å². The molecule has 3 nitrogen and oxygen atoms in total. The molecule has 0 atom stereocenters. The average molecular weight is 268 g/mol. The maximum Gasteiger partial charge on any atom is 0.228 e. The second-order valence-corrected chi connectivity index (χ2v) is 4.49. The predicted octanol–water partition coefficient (Wildman–Crippen LogP) is 3.16. The summed E-state index contributed by atoms with van der Waals surface area (Å²) in [4.78, 5) is 24.0. The molecule has 0 fully saturated rings. The van der Waals surface area contributed by atoms with E-state index in [1.807, 2.05) is 0 Å². The van der Waals surface area contributed by atoms with Crippen LogP contribution in [0.25, 0.3) is 0 Å². The Hall–Kier alpha value is -2.34. The molecule has 1 aromatic carbocycles. The molecule has 0 amide bonds. The third-order valence-electron chi connectivity index (χ3n) is 3.00. The summed E-state index contributed by atoms with van der Waals surface area (Å²) in [5.74, 6) is 5.45. The van der Waals surface area contributed by atoms with Crippen molar-refractivity contribution in [3.05, 3.63) is 47.2 Å². The number of hydrogen-bond acceptors (Lipinski definition) is 3.